The predicted molar refractivity (Wildman–Crippen MR) is 137 cm³/mol. The van der Waals surface area contributed by atoms with Crippen LogP contribution in [0.2, 0.25) is 0 Å². The maximum absolute atomic E-state index is 12.2. The number of pyridine rings is 2. The molecule has 4 N–H and O–H groups in total. The lowest BCUT2D eigenvalue weighted by atomic mass is 9.91. The van der Waals surface area contributed by atoms with E-state index >= 15 is 0 Å². The van der Waals surface area contributed by atoms with Crippen LogP contribution >= 0.6 is 0 Å². The zero-order chi connectivity index (χ0) is 35.2. The van der Waals surface area contributed by atoms with Crippen LogP contribution in [0.1, 0.15) is 23.2 Å². The average Bonchev–Trinajstić information content (AvgIpc) is 2.91. The first-order valence-electron chi connectivity index (χ1n) is 12.4. The lowest BCUT2D eigenvalue weighted by Crippen LogP contribution is -2.37. The number of halogens is 9. The summed E-state index contributed by atoms with van der Waals surface area (Å²) in [6.07, 6.45) is -8.53. The van der Waals surface area contributed by atoms with E-state index in [1.54, 1.807) is 12.3 Å². The molecule has 2 aromatic rings. The Hall–Kier alpha value is -4.20. The summed E-state index contributed by atoms with van der Waals surface area (Å²) in [7, 11) is 4.08. The highest BCUT2D eigenvalue weighted by Crippen LogP contribution is 2.21. The maximum atomic E-state index is 12.2. The Bertz CT molecular complexity index is 1240. The molecule has 1 aliphatic carbocycles. The highest BCUT2D eigenvalue weighted by Gasteiger charge is 2.39. The summed E-state index contributed by atoms with van der Waals surface area (Å²) in [5.74, 6) is -8.27. The summed E-state index contributed by atoms with van der Waals surface area (Å²) in [5.41, 5.74) is 3.86. The van der Waals surface area contributed by atoms with Gasteiger partial charge in [-0.25, -0.2) is 14.4 Å². The molecule has 2 heterocycles. The molecule has 0 fully saturated rings. The average molecular weight is 669 g/mol. The van der Waals surface area contributed by atoms with E-state index in [1.165, 1.54) is 16.8 Å². The van der Waals surface area contributed by atoms with Crippen LogP contribution in [0.25, 0.3) is 0 Å². The molecule has 0 aliphatic heterocycles. The number of aliphatic carboxylic acids is 3. The third-order valence-electron chi connectivity index (χ3n) is 5.40. The molecular formula is C25H29F9N4O7. The fourth-order valence-corrected chi connectivity index (χ4v) is 3.31. The van der Waals surface area contributed by atoms with Crippen LogP contribution in [-0.2, 0) is 40.3 Å². The van der Waals surface area contributed by atoms with Crippen molar-refractivity contribution in [2.75, 3.05) is 20.6 Å². The van der Waals surface area contributed by atoms with E-state index in [4.69, 9.17) is 29.7 Å². The fraction of sp³-hybridized carbons (Fsp3) is 0.480. The van der Waals surface area contributed by atoms with Crippen LogP contribution in [0, 0.1) is 0 Å². The largest absolute Gasteiger partial charge is 0.490 e. The summed E-state index contributed by atoms with van der Waals surface area (Å²) >= 11 is 0. The third-order valence-corrected chi connectivity index (χ3v) is 5.40. The molecule has 0 aromatic carbocycles. The van der Waals surface area contributed by atoms with Crippen molar-refractivity contribution in [2.45, 2.75) is 56.9 Å². The van der Waals surface area contributed by atoms with Crippen molar-refractivity contribution < 1.29 is 69.2 Å². The highest BCUT2D eigenvalue weighted by atomic mass is 19.4. The van der Waals surface area contributed by atoms with Crippen molar-refractivity contribution in [1.82, 2.24) is 19.8 Å². The van der Waals surface area contributed by atoms with Gasteiger partial charge in [-0.15, -0.1) is 0 Å². The second-order valence-electron chi connectivity index (χ2n) is 9.19. The minimum absolute atomic E-state index is 0.123. The number of likely N-dealkylation sites (N-methyl/N-ethyl adjacent to an activating group) is 1. The molecule has 45 heavy (non-hydrogen) atoms. The zero-order valence-electron chi connectivity index (χ0n) is 23.5. The fourth-order valence-electron chi connectivity index (χ4n) is 3.31. The number of fused-ring (bicyclic) bond motifs is 1. The van der Waals surface area contributed by atoms with Crippen molar-refractivity contribution in [1.29, 1.82) is 0 Å². The molecule has 0 amide bonds. The van der Waals surface area contributed by atoms with Gasteiger partial charge in [0.15, 0.2) is 0 Å². The van der Waals surface area contributed by atoms with Crippen LogP contribution in [0.5, 0.6) is 0 Å². The van der Waals surface area contributed by atoms with Crippen molar-refractivity contribution in [3.05, 3.63) is 63.8 Å². The Morgan fingerprint density at radius 3 is 1.80 bits per heavy atom. The Kier molecular flexibility index (Phi) is 16.3. The van der Waals surface area contributed by atoms with Gasteiger partial charge in [-0.05, 0) is 50.6 Å². The van der Waals surface area contributed by atoms with Gasteiger partial charge >= 0.3 is 36.4 Å². The van der Waals surface area contributed by atoms with Crippen LogP contribution in [0.4, 0.5) is 39.5 Å². The quantitative estimate of drug-likeness (QED) is 0.336. The molecular weight excluding hydrogens is 639 g/mol. The van der Waals surface area contributed by atoms with Crippen molar-refractivity contribution >= 4 is 17.9 Å². The molecule has 11 nitrogen and oxygen atoms in total. The van der Waals surface area contributed by atoms with Gasteiger partial charge in [-0.3, -0.25) is 9.78 Å². The summed E-state index contributed by atoms with van der Waals surface area (Å²) in [4.78, 5) is 45.2. The van der Waals surface area contributed by atoms with Gasteiger partial charge in [0.1, 0.15) is 0 Å². The van der Waals surface area contributed by atoms with Gasteiger partial charge in [0.2, 0.25) is 0 Å². The Balaban J connectivity index is 0.000000753. The van der Waals surface area contributed by atoms with Gasteiger partial charge in [0.05, 0.1) is 0 Å². The van der Waals surface area contributed by atoms with E-state index in [0.717, 1.165) is 38.9 Å². The van der Waals surface area contributed by atoms with Gasteiger partial charge in [-0.1, -0.05) is 12.1 Å². The molecule has 3 rings (SSSR count). The van der Waals surface area contributed by atoms with Crippen molar-refractivity contribution in [3.8, 4) is 0 Å². The molecule has 0 saturated heterocycles. The molecule has 0 bridgehead atoms. The van der Waals surface area contributed by atoms with Gasteiger partial charge < -0.3 is 30.1 Å². The Morgan fingerprint density at radius 2 is 1.40 bits per heavy atom. The minimum Gasteiger partial charge on any atom is -0.475 e. The second-order valence-corrected chi connectivity index (χ2v) is 9.19. The van der Waals surface area contributed by atoms with Crippen LogP contribution in [0.3, 0.4) is 0 Å². The van der Waals surface area contributed by atoms with Gasteiger partial charge in [0, 0.05) is 49.8 Å². The zero-order valence-corrected chi connectivity index (χ0v) is 23.5. The normalized spacial score (nSPS) is 14.4. The van der Waals surface area contributed by atoms with E-state index in [-0.39, 0.29) is 5.56 Å². The first-order valence-corrected chi connectivity index (χ1v) is 12.4. The number of carboxylic acids is 3. The van der Waals surface area contributed by atoms with E-state index in [1.807, 2.05) is 37.0 Å². The molecule has 1 unspecified atom stereocenters. The Morgan fingerprint density at radius 1 is 0.911 bits per heavy atom. The number of nitrogens with one attached hydrogen (secondary N) is 1. The van der Waals surface area contributed by atoms with E-state index in [2.05, 4.69) is 21.3 Å². The van der Waals surface area contributed by atoms with Crippen LogP contribution in [-0.4, -0.2) is 92.9 Å². The van der Waals surface area contributed by atoms with Gasteiger partial charge in [0.25, 0.3) is 5.56 Å². The number of hydrogen-bond acceptors (Lipinski definition) is 7. The van der Waals surface area contributed by atoms with E-state index in [0.29, 0.717) is 6.04 Å². The number of carboxylic acid groups (broad SMARTS) is 3. The first-order chi connectivity index (χ1) is 20.5. The van der Waals surface area contributed by atoms with Crippen molar-refractivity contribution in [3.63, 3.8) is 0 Å². The lowest BCUT2D eigenvalue weighted by molar-refractivity contribution is -0.193. The molecule has 20 heteroatoms. The van der Waals surface area contributed by atoms with E-state index in [9.17, 15) is 44.3 Å². The van der Waals surface area contributed by atoms with E-state index < -0.39 is 36.4 Å². The third kappa shape index (κ3) is 17.0. The topological polar surface area (TPSA) is 162 Å². The Labute approximate surface area is 248 Å². The monoisotopic (exact) mass is 668 g/mol. The summed E-state index contributed by atoms with van der Waals surface area (Å²) < 4.78 is 97.2. The summed E-state index contributed by atoms with van der Waals surface area (Å²) in [6.45, 7) is 2.50. The molecule has 1 atom stereocenters. The molecule has 0 spiro atoms. The molecule has 0 saturated carbocycles. The number of hydrogen-bond donors (Lipinski definition) is 4. The SMILES string of the molecule is CN(C)CCn1c2c(ccc1=O)CC(NCc1cccnc1)CC2.O=C(O)C(F)(F)F.O=C(O)C(F)(F)F.O=C(O)C(F)(F)F. The van der Waals surface area contributed by atoms with Gasteiger partial charge in [-0.2, -0.15) is 39.5 Å². The number of carbonyl (C=O) groups is 3. The standard InChI is InChI=1S/C19H26N4O.3C2HF3O2/c1-22(2)10-11-23-18-7-6-17(12-16(18)5-8-19(23)24)21-14-15-4-3-9-20-13-15;3*3-2(4,5)1(6)7/h3-5,8-9,13,17,21H,6-7,10-12,14H2,1-2H3;3*(H,6,7). The number of rotatable bonds is 6. The maximum Gasteiger partial charge on any atom is 0.490 e. The minimum atomic E-state index is -5.08. The lowest BCUT2D eigenvalue weighted by Gasteiger charge is -2.28. The second kappa shape index (κ2) is 17.9. The molecule has 2 aromatic heterocycles. The van der Waals surface area contributed by atoms with Crippen molar-refractivity contribution in [2.24, 2.45) is 0 Å². The molecule has 0 radical (unpaired) electrons. The summed E-state index contributed by atoms with van der Waals surface area (Å²) in [5, 5.41) is 25.0. The highest BCUT2D eigenvalue weighted by molar-refractivity contribution is 5.73. The number of alkyl halides is 9. The summed E-state index contributed by atoms with van der Waals surface area (Å²) in [6, 6.07) is 8.25. The van der Waals surface area contributed by atoms with Crippen LogP contribution in [0.15, 0.2) is 41.5 Å². The molecule has 254 valence electrons. The number of nitrogens with zero attached hydrogens (tertiary/aromatic N) is 3. The molecule has 1 aliphatic rings. The van der Waals surface area contributed by atoms with Crippen LogP contribution < -0.4 is 10.9 Å². The number of aromatic nitrogens is 2. The predicted octanol–water partition coefficient (Wildman–Crippen LogP) is 3.35. The smallest absolute Gasteiger partial charge is 0.475 e. The first kappa shape index (κ1) is 40.8.